The highest BCUT2D eigenvalue weighted by atomic mass is 16.5. The van der Waals surface area contributed by atoms with Crippen molar-refractivity contribution in [3.05, 3.63) is 7.05 Å². The molecule has 3 heteroatoms. The second kappa shape index (κ2) is 4.45. The van der Waals surface area contributed by atoms with E-state index >= 15 is 0 Å². The van der Waals surface area contributed by atoms with Crippen molar-refractivity contribution in [2.75, 3.05) is 19.7 Å². The summed E-state index contributed by atoms with van der Waals surface area (Å²) in [5, 5.41) is 0. The van der Waals surface area contributed by atoms with Gasteiger partial charge in [0, 0.05) is 12.3 Å². The SMILES string of the molecule is [CH2-][NH+]1CCC(CC(=O)OCC)C1. The number of likely N-dealkylation sites (tertiary alicyclic amines) is 1. The van der Waals surface area contributed by atoms with Gasteiger partial charge in [-0.2, -0.15) is 7.05 Å². The maximum Gasteiger partial charge on any atom is 0.306 e. The molecule has 0 aromatic carbocycles. The van der Waals surface area contributed by atoms with E-state index in [4.69, 9.17) is 4.74 Å². The van der Waals surface area contributed by atoms with Crippen LogP contribution in [0.1, 0.15) is 19.8 Å². The Bertz CT molecular complexity index is 159. The van der Waals surface area contributed by atoms with E-state index in [1.54, 1.807) is 0 Å². The van der Waals surface area contributed by atoms with E-state index in [0.29, 0.717) is 18.9 Å². The van der Waals surface area contributed by atoms with Gasteiger partial charge in [-0.05, 0) is 6.92 Å². The Hall–Kier alpha value is -0.570. The van der Waals surface area contributed by atoms with Crippen LogP contribution in [0.4, 0.5) is 0 Å². The van der Waals surface area contributed by atoms with Crippen LogP contribution in [0, 0.1) is 13.0 Å². The van der Waals surface area contributed by atoms with Gasteiger partial charge in [0.05, 0.1) is 26.1 Å². The normalized spacial score (nSPS) is 28.8. The Morgan fingerprint density at radius 3 is 3.00 bits per heavy atom. The summed E-state index contributed by atoms with van der Waals surface area (Å²) in [6.45, 7) is 4.43. The van der Waals surface area contributed by atoms with E-state index in [0.717, 1.165) is 19.5 Å². The van der Waals surface area contributed by atoms with Crippen LogP contribution < -0.4 is 4.90 Å². The minimum Gasteiger partial charge on any atom is -0.468 e. The summed E-state index contributed by atoms with van der Waals surface area (Å²) in [7, 11) is 3.91. The molecule has 0 aliphatic carbocycles. The molecule has 12 heavy (non-hydrogen) atoms. The molecule has 1 fully saturated rings. The highest BCUT2D eigenvalue weighted by Gasteiger charge is 2.23. The number of carbonyl (C=O) groups excluding carboxylic acids is 1. The van der Waals surface area contributed by atoms with Crippen LogP contribution >= 0.6 is 0 Å². The molecule has 2 unspecified atom stereocenters. The van der Waals surface area contributed by atoms with E-state index in [1.165, 1.54) is 4.90 Å². The van der Waals surface area contributed by atoms with Crippen molar-refractivity contribution < 1.29 is 14.4 Å². The first-order valence-corrected chi connectivity index (χ1v) is 4.54. The summed E-state index contributed by atoms with van der Waals surface area (Å²) < 4.78 is 4.87. The van der Waals surface area contributed by atoms with Gasteiger partial charge in [0.15, 0.2) is 0 Å². The molecule has 1 aliphatic rings. The third kappa shape index (κ3) is 2.81. The zero-order chi connectivity index (χ0) is 8.97. The monoisotopic (exact) mass is 171 g/mol. The van der Waals surface area contributed by atoms with Crippen LogP contribution in [0.15, 0.2) is 0 Å². The maximum absolute atomic E-state index is 11.1. The van der Waals surface area contributed by atoms with Gasteiger partial charge in [-0.25, -0.2) is 0 Å². The standard InChI is InChI=1S/C9H17NO2/c1-3-12-9(11)6-8-4-5-10(2)7-8/h8,10H,2-7H2,1H3. The Balaban J connectivity index is 2.18. The van der Waals surface area contributed by atoms with Crippen molar-refractivity contribution in [3.63, 3.8) is 0 Å². The average molecular weight is 171 g/mol. The first-order valence-electron chi connectivity index (χ1n) is 4.54. The van der Waals surface area contributed by atoms with Gasteiger partial charge < -0.3 is 9.64 Å². The summed E-state index contributed by atoms with van der Waals surface area (Å²) in [5.74, 6) is 0.439. The molecular weight excluding hydrogens is 154 g/mol. The molecule has 3 nitrogen and oxygen atoms in total. The number of nitrogens with one attached hydrogen (secondary N) is 1. The average Bonchev–Trinajstić information content (AvgIpc) is 2.36. The maximum atomic E-state index is 11.1. The van der Waals surface area contributed by atoms with E-state index in [2.05, 4.69) is 7.05 Å². The topological polar surface area (TPSA) is 30.7 Å². The van der Waals surface area contributed by atoms with Crippen molar-refractivity contribution in [1.29, 1.82) is 0 Å². The number of ether oxygens (including phenoxy) is 1. The van der Waals surface area contributed by atoms with Gasteiger partial charge in [0.25, 0.3) is 0 Å². The Labute approximate surface area is 73.7 Å². The van der Waals surface area contributed by atoms with Crippen molar-refractivity contribution in [2.24, 2.45) is 5.92 Å². The molecule has 0 saturated carbocycles. The first-order chi connectivity index (χ1) is 5.72. The quantitative estimate of drug-likeness (QED) is 0.464. The summed E-state index contributed by atoms with van der Waals surface area (Å²) in [6.07, 6.45) is 1.69. The zero-order valence-corrected chi connectivity index (χ0v) is 7.64. The van der Waals surface area contributed by atoms with Crippen LogP contribution in [-0.2, 0) is 9.53 Å². The number of quaternary nitrogens is 1. The lowest BCUT2D eigenvalue weighted by atomic mass is 10.1. The Morgan fingerprint density at radius 1 is 1.75 bits per heavy atom. The second-order valence-corrected chi connectivity index (χ2v) is 3.37. The molecule has 0 spiro atoms. The smallest absolute Gasteiger partial charge is 0.306 e. The van der Waals surface area contributed by atoms with Gasteiger partial charge in [-0.15, -0.1) is 0 Å². The van der Waals surface area contributed by atoms with Crippen molar-refractivity contribution in [1.82, 2.24) is 0 Å². The van der Waals surface area contributed by atoms with Gasteiger partial charge in [0.1, 0.15) is 0 Å². The minimum atomic E-state index is -0.0581. The number of rotatable bonds is 3. The lowest BCUT2D eigenvalue weighted by Crippen LogP contribution is -3.04. The highest BCUT2D eigenvalue weighted by molar-refractivity contribution is 5.69. The highest BCUT2D eigenvalue weighted by Crippen LogP contribution is 2.09. The third-order valence-electron chi connectivity index (χ3n) is 2.24. The minimum absolute atomic E-state index is 0.0581. The molecule has 1 aliphatic heterocycles. The van der Waals surface area contributed by atoms with E-state index < -0.39 is 0 Å². The Kier molecular flexibility index (Phi) is 3.53. The predicted octanol–water partition coefficient (Wildman–Crippen LogP) is -0.364. The summed E-state index contributed by atoms with van der Waals surface area (Å²) in [5.41, 5.74) is 0. The lowest BCUT2D eigenvalue weighted by Gasteiger charge is -2.12. The van der Waals surface area contributed by atoms with Crippen LogP contribution in [0.3, 0.4) is 0 Å². The van der Waals surface area contributed by atoms with E-state index in [1.807, 2.05) is 6.92 Å². The fourth-order valence-corrected chi connectivity index (χ4v) is 1.65. The van der Waals surface area contributed by atoms with Crippen molar-refractivity contribution in [3.8, 4) is 0 Å². The van der Waals surface area contributed by atoms with Crippen LogP contribution in [0.5, 0.6) is 0 Å². The summed E-state index contributed by atoms with van der Waals surface area (Å²) in [6, 6.07) is 0. The second-order valence-electron chi connectivity index (χ2n) is 3.37. The van der Waals surface area contributed by atoms with Crippen molar-refractivity contribution >= 4 is 5.97 Å². The molecule has 1 saturated heterocycles. The molecular formula is C9H17NO2. The molecule has 0 amide bonds. The van der Waals surface area contributed by atoms with E-state index in [9.17, 15) is 4.79 Å². The molecule has 0 aromatic heterocycles. The fraction of sp³-hybridized carbons (Fsp3) is 0.778. The predicted molar refractivity (Wildman–Crippen MR) is 45.4 cm³/mol. The first kappa shape index (κ1) is 9.52. The molecule has 0 bridgehead atoms. The van der Waals surface area contributed by atoms with Crippen LogP contribution in [0.2, 0.25) is 0 Å². The molecule has 1 heterocycles. The summed E-state index contributed by atoms with van der Waals surface area (Å²) >= 11 is 0. The summed E-state index contributed by atoms with van der Waals surface area (Å²) in [4.78, 5) is 12.3. The van der Waals surface area contributed by atoms with Gasteiger partial charge in [-0.3, -0.25) is 4.79 Å². The molecule has 0 radical (unpaired) electrons. The number of hydrogen-bond acceptors (Lipinski definition) is 2. The molecule has 70 valence electrons. The molecule has 0 aromatic rings. The third-order valence-corrected chi connectivity index (χ3v) is 2.24. The van der Waals surface area contributed by atoms with Crippen LogP contribution in [-0.4, -0.2) is 25.7 Å². The van der Waals surface area contributed by atoms with Gasteiger partial charge in [0.2, 0.25) is 0 Å². The van der Waals surface area contributed by atoms with Crippen LogP contribution in [0.25, 0.3) is 0 Å². The van der Waals surface area contributed by atoms with Gasteiger partial charge in [-0.1, -0.05) is 0 Å². The zero-order valence-electron chi connectivity index (χ0n) is 7.64. The number of hydrogen-bond donors (Lipinski definition) is 1. The van der Waals surface area contributed by atoms with Gasteiger partial charge >= 0.3 is 5.97 Å². The van der Waals surface area contributed by atoms with Crippen molar-refractivity contribution in [2.45, 2.75) is 19.8 Å². The lowest BCUT2D eigenvalue weighted by molar-refractivity contribution is -0.841. The number of esters is 1. The number of carbonyl (C=O) groups is 1. The Morgan fingerprint density at radius 2 is 2.50 bits per heavy atom. The molecule has 2 atom stereocenters. The largest absolute Gasteiger partial charge is 0.468 e. The molecule has 1 N–H and O–H groups in total. The fourth-order valence-electron chi connectivity index (χ4n) is 1.65. The molecule has 1 rings (SSSR count). The van der Waals surface area contributed by atoms with E-state index in [-0.39, 0.29) is 5.97 Å².